The maximum atomic E-state index is 5.76. The molecule has 0 unspecified atom stereocenters. The van der Waals surface area contributed by atoms with E-state index in [1.807, 2.05) is 18.3 Å². The first-order valence-electron chi connectivity index (χ1n) is 12.1. The normalized spacial score (nSPS) is 18.2. The molecule has 5 heteroatoms. The van der Waals surface area contributed by atoms with E-state index in [9.17, 15) is 0 Å². The van der Waals surface area contributed by atoms with Gasteiger partial charge in [0.1, 0.15) is 0 Å². The first-order valence-corrected chi connectivity index (χ1v) is 12.1. The predicted molar refractivity (Wildman–Crippen MR) is 139 cm³/mol. The number of nitrogens with two attached hydrogens (primary N) is 1. The molecule has 1 heterocycles. The van der Waals surface area contributed by atoms with Crippen LogP contribution in [0.2, 0.25) is 0 Å². The van der Waals surface area contributed by atoms with Crippen LogP contribution < -0.4 is 16.4 Å². The van der Waals surface area contributed by atoms with Crippen LogP contribution in [0.15, 0.2) is 84.1 Å². The van der Waals surface area contributed by atoms with E-state index in [0.717, 1.165) is 64.3 Å². The van der Waals surface area contributed by atoms with Gasteiger partial charge in [-0.3, -0.25) is 9.88 Å². The van der Waals surface area contributed by atoms with Crippen molar-refractivity contribution in [2.75, 3.05) is 32.7 Å². The molecule has 2 aromatic rings. The largest absolute Gasteiger partial charge is 0.326 e. The number of hydrogen-bond donors (Lipinski definition) is 3. The lowest BCUT2D eigenvalue weighted by molar-refractivity contribution is 0.265. The first-order chi connectivity index (χ1) is 16.2. The van der Waals surface area contributed by atoms with Crippen molar-refractivity contribution in [1.82, 2.24) is 20.5 Å². The minimum absolute atomic E-state index is 0.588. The Kier molecular flexibility index (Phi) is 11.1. The van der Waals surface area contributed by atoms with Crippen LogP contribution in [-0.2, 0) is 19.6 Å². The zero-order chi connectivity index (χ0) is 23.1. The summed E-state index contributed by atoms with van der Waals surface area (Å²) in [4.78, 5) is 6.90. The fourth-order valence-corrected chi connectivity index (χ4v) is 3.88. The molecule has 0 fully saturated rings. The van der Waals surface area contributed by atoms with Crippen molar-refractivity contribution in [1.29, 1.82) is 0 Å². The molecule has 0 spiro atoms. The van der Waals surface area contributed by atoms with Gasteiger partial charge in [-0.05, 0) is 48.6 Å². The lowest BCUT2D eigenvalue weighted by Crippen LogP contribution is -2.37. The van der Waals surface area contributed by atoms with E-state index in [0.29, 0.717) is 6.54 Å². The Labute approximate surface area is 199 Å². The Morgan fingerprint density at radius 2 is 1.70 bits per heavy atom. The Bertz CT molecular complexity index is 900. The molecular formula is C28H39N5. The van der Waals surface area contributed by atoms with E-state index < -0.39 is 0 Å². The lowest BCUT2D eigenvalue weighted by atomic mass is 10.0. The van der Waals surface area contributed by atoms with E-state index in [-0.39, 0.29) is 0 Å². The summed E-state index contributed by atoms with van der Waals surface area (Å²) >= 11 is 0. The monoisotopic (exact) mass is 445 g/mol. The van der Waals surface area contributed by atoms with Gasteiger partial charge in [-0.1, -0.05) is 60.2 Å². The van der Waals surface area contributed by atoms with Crippen molar-refractivity contribution in [2.45, 2.75) is 39.4 Å². The summed E-state index contributed by atoms with van der Waals surface area (Å²) in [5.74, 6) is 0. The van der Waals surface area contributed by atoms with Gasteiger partial charge < -0.3 is 16.4 Å². The maximum Gasteiger partial charge on any atom is 0.0541 e. The van der Waals surface area contributed by atoms with E-state index in [2.05, 4.69) is 82.1 Å². The fraction of sp³-hybridized carbons (Fsp3) is 0.393. The summed E-state index contributed by atoms with van der Waals surface area (Å²) in [7, 11) is 0. The van der Waals surface area contributed by atoms with E-state index >= 15 is 0 Å². The number of nitrogens with zero attached hydrogens (tertiary/aromatic N) is 2. The van der Waals surface area contributed by atoms with Crippen LogP contribution >= 0.6 is 0 Å². The zero-order valence-electron chi connectivity index (χ0n) is 20.0. The quantitative estimate of drug-likeness (QED) is 0.408. The number of nitrogens with one attached hydrogen (secondary N) is 2. The van der Waals surface area contributed by atoms with Gasteiger partial charge in [0.05, 0.1) is 5.69 Å². The third-order valence-electron chi connectivity index (χ3n) is 6.00. The van der Waals surface area contributed by atoms with Crippen molar-refractivity contribution >= 4 is 0 Å². The number of aromatic nitrogens is 1. The smallest absolute Gasteiger partial charge is 0.0541 e. The van der Waals surface area contributed by atoms with Crippen LogP contribution in [0, 0.1) is 0 Å². The molecule has 1 aliphatic carbocycles. The first kappa shape index (κ1) is 25.1. The molecule has 0 atom stereocenters. The molecule has 176 valence electrons. The van der Waals surface area contributed by atoms with Crippen LogP contribution in [0.4, 0.5) is 0 Å². The molecular weight excluding hydrogens is 406 g/mol. The summed E-state index contributed by atoms with van der Waals surface area (Å²) in [5.41, 5.74) is 12.2. The summed E-state index contributed by atoms with van der Waals surface area (Å²) in [6.07, 6.45) is 12.9. The highest BCUT2D eigenvalue weighted by atomic mass is 15.1. The molecule has 0 saturated heterocycles. The minimum atomic E-state index is 0.588. The van der Waals surface area contributed by atoms with Crippen LogP contribution in [0.1, 0.15) is 36.6 Å². The van der Waals surface area contributed by atoms with E-state index in [1.54, 1.807) is 0 Å². The second kappa shape index (κ2) is 14.6. The topological polar surface area (TPSA) is 66.2 Å². The second-order valence-electron chi connectivity index (χ2n) is 8.60. The van der Waals surface area contributed by atoms with Gasteiger partial charge in [-0.25, -0.2) is 0 Å². The van der Waals surface area contributed by atoms with Crippen molar-refractivity contribution in [3.05, 3.63) is 101 Å². The summed E-state index contributed by atoms with van der Waals surface area (Å²) in [6, 6.07) is 14.7. The molecule has 0 amide bonds. The van der Waals surface area contributed by atoms with Gasteiger partial charge in [0.2, 0.25) is 0 Å². The molecule has 0 aliphatic heterocycles. The number of benzene rings is 1. The van der Waals surface area contributed by atoms with Gasteiger partial charge in [0.15, 0.2) is 0 Å². The molecule has 0 bridgehead atoms. The highest BCUT2D eigenvalue weighted by molar-refractivity contribution is 5.30. The van der Waals surface area contributed by atoms with Gasteiger partial charge in [-0.15, -0.1) is 0 Å². The standard InChI is InChI=1S/C28H39N5/c1-24-8-4-2-3-5-9-27(24)21-30-16-18-33(23-26-13-11-25(20-29)12-14-26)19-17-31-22-28-10-6-7-15-32-28/h2-3,5-7,9-15,30-31H,4,8,16-23,29H2,1H3/b3-2-,9-5-,27-24-. The van der Waals surface area contributed by atoms with Gasteiger partial charge in [0.25, 0.3) is 0 Å². The van der Waals surface area contributed by atoms with Crippen molar-refractivity contribution in [3.8, 4) is 0 Å². The summed E-state index contributed by atoms with van der Waals surface area (Å²) in [5, 5.41) is 7.20. The number of pyridine rings is 1. The number of allylic oxidation sites excluding steroid dienone is 4. The Hall–Kier alpha value is -2.57. The fourth-order valence-electron chi connectivity index (χ4n) is 3.88. The van der Waals surface area contributed by atoms with Crippen molar-refractivity contribution in [2.24, 2.45) is 5.73 Å². The van der Waals surface area contributed by atoms with Crippen LogP contribution in [-0.4, -0.2) is 42.6 Å². The molecule has 1 aromatic heterocycles. The van der Waals surface area contributed by atoms with Crippen molar-refractivity contribution in [3.63, 3.8) is 0 Å². The molecule has 4 N–H and O–H groups in total. The van der Waals surface area contributed by atoms with E-state index in [1.165, 1.54) is 22.3 Å². The highest BCUT2D eigenvalue weighted by Gasteiger charge is 2.07. The van der Waals surface area contributed by atoms with Crippen LogP contribution in [0.25, 0.3) is 0 Å². The molecule has 33 heavy (non-hydrogen) atoms. The second-order valence-corrected chi connectivity index (χ2v) is 8.60. The van der Waals surface area contributed by atoms with Gasteiger partial charge >= 0.3 is 0 Å². The molecule has 1 aliphatic rings. The molecule has 1 aromatic carbocycles. The maximum absolute atomic E-state index is 5.76. The van der Waals surface area contributed by atoms with Crippen LogP contribution in [0.5, 0.6) is 0 Å². The van der Waals surface area contributed by atoms with Crippen molar-refractivity contribution < 1.29 is 0 Å². The van der Waals surface area contributed by atoms with Crippen LogP contribution in [0.3, 0.4) is 0 Å². The number of hydrogen-bond acceptors (Lipinski definition) is 5. The highest BCUT2D eigenvalue weighted by Crippen LogP contribution is 2.14. The Morgan fingerprint density at radius 1 is 0.939 bits per heavy atom. The summed E-state index contributed by atoms with van der Waals surface area (Å²) < 4.78 is 0. The average molecular weight is 446 g/mol. The molecule has 3 rings (SSSR count). The molecule has 0 saturated carbocycles. The molecule has 5 nitrogen and oxygen atoms in total. The Morgan fingerprint density at radius 3 is 2.42 bits per heavy atom. The predicted octanol–water partition coefficient (Wildman–Crippen LogP) is 3.94. The van der Waals surface area contributed by atoms with E-state index in [4.69, 9.17) is 5.73 Å². The lowest BCUT2D eigenvalue weighted by Gasteiger charge is -2.23. The Balaban J connectivity index is 1.49. The number of rotatable bonds is 13. The summed E-state index contributed by atoms with van der Waals surface area (Å²) in [6.45, 7) is 9.37. The molecule has 0 radical (unpaired) electrons. The van der Waals surface area contributed by atoms with Gasteiger partial charge in [-0.2, -0.15) is 0 Å². The third kappa shape index (κ3) is 9.44. The minimum Gasteiger partial charge on any atom is -0.326 e. The van der Waals surface area contributed by atoms with Gasteiger partial charge in [0, 0.05) is 58.6 Å². The average Bonchev–Trinajstić information content (AvgIpc) is 2.84. The SMILES string of the molecule is C\C1=C(CNCCN(CCNCc2ccccn2)Cc2ccc(CN)cc2)/C=C\C=C/CC1. The third-order valence-corrected chi connectivity index (χ3v) is 6.00. The zero-order valence-corrected chi connectivity index (χ0v) is 20.0.